The third-order valence-corrected chi connectivity index (χ3v) is 8.33. The van der Waals surface area contributed by atoms with Crippen LogP contribution in [0, 0.1) is 0 Å². The van der Waals surface area contributed by atoms with Gasteiger partial charge in [-0.25, -0.2) is 9.97 Å². The number of aromatic nitrogens is 2. The van der Waals surface area contributed by atoms with Crippen molar-refractivity contribution in [2.45, 2.75) is 0 Å². The van der Waals surface area contributed by atoms with Gasteiger partial charge in [-0.1, -0.05) is 103 Å². The van der Waals surface area contributed by atoms with E-state index in [1.54, 1.807) is 0 Å². The largest absolute Gasteiger partial charge is 0.455 e. The maximum atomic E-state index is 6.33. The van der Waals surface area contributed by atoms with Crippen LogP contribution in [0.4, 0.5) is 0 Å². The fraction of sp³-hybridized carbons (Fsp3) is 0. The molecule has 9 rings (SSSR count). The second-order valence-electron chi connectivity index (χ2n) is 10.5. The van der Waals surface area contributed by atoms with Gasteiger partial charge in [-0.2, -0.15) is 0 Å². The van der Waals surface area contributed by atoms with E-state index in [0.29, 0.717) is 0 Å². The number of furan rings is 1. The Kier molecular flexibility index (Phi) is 4.61. The first-order valence-electron chi connectivity index (χ1n) is 13.8. The second kappa shape index (κ2) is 8.48. The monoisotopic (exact) mass is 522 g/mol. The first kappa shape index (κ1) is 22.3. The van der Waals surface area contributed by atoms with Gasteiger partial charge >= 0.3 is 0 Å². The van der Waals surface area contributed by atoms with Crippen molar-refractivity contribution in [2.75, 3.05) is 0 Å². The summed E-state index contributed by atoms with van der Waals surface area (Å²) in [6.45, 7) is 0. The van der Waals surface area contributed by atoms with Crippen molar-refractivity contribution in [3.05, 3.63) is 134 Å². The van der Waals surface area contributed by atoms with Gasteiger partial charge in [-0.3, -0.25) is 0 Å². The lowest BCUT2D eigenvalue weighted by Crippen LogP contribution is -1.99. The molecule has 0 aliphatic heterocycles. The van der Waals surface area contributed by atoms with E-state index in [-0.39, 0.29) is 0 Å². The Balaban J connectivity index is 1.34. The molecule has 190 valence electrons. The number of benzene rings is 5. The highest BCUT2D eigenvalue weighted by Gasteiger charge is 2.24. The summed E-state index contributed by atoms with van der Waals surface area (Å²) in [4.78, 5) is 10.1. The molecule has 3 aromatic heterocycles. The van der Waals surface area contributed by atoms with Crippen molar-refractivity contribution >= 4 is 33.0 Å². The van der Waals surface area contributed by atoms with E-state index in [1.807, 2.05) is 24.4 Å². The van der Waals surface area contributed by atoms with E-state index in [9.17, 15) is 0 Å². The highest BCUT2D eigenvalue weighted by Crippen LogP contribution is 2.49. The molecule has 0 atom stereocenters. The first-order valence-corrected chi connectivity index (χ1v) is 13.8. The van der Waals surface area contributed by atoms with Gasteiger partial charge in [0, 0.05) is 39.0 Å². The van der Waals surface area contributed by atoms with Crippen molar-refractivity contribution in [3.8, 4) is 55.8 Å². The van der Waals surface area contributed by atoms with Crippen LogP contribution in [0.5, 0.6) is 0 Å². The first-order chi connectivity index (χ1) is 20.3. The normalized spacial score (nSPS) is 11.9. The molecular formula is C38H22N2O. The van der Waals surface area contributed by atoms with Gasteiger partial charge in [0.25, 0.3) is 0 Å². The molecule has 0 unspecified atom stereocenters. The molecule has 3 nitrogen and oxygen atoms in total. The summed E-state index contributed by atoms with van der Waals surface area (Å²) in [5, 5.41) is 3.24. The van der Waals surface area contributed by atoms with Gasteiger partial charge < -0.3 is 4.42 Å². The molecule has 3 heteroatoms. The zero-order valence-corrected chi connectivity index (χ0v) is 22.0. The lowest BCUT2D eigenvalue weighted by Gasteiger charge is -2.23. The lowest BCUT2D eigenvalue weighted by molar-refractivity contribution is 0.670. The van der Waals surface area contributed by atoms with Gasteiger partial charge in [-0.05, 0) is 57.6 Å². The molecule has 0 amide bonds. The summed E-state index contributed by atoms with van der Waals surface area (Å²) >= 11 is 0. The molecule has 8 aromatic rings. The van der Waals surface area contributed by atoms with Crippen LogP contribution in [0.1, 0.15) is 0 Å². The van der Waals surface area contributed by atoms with Crippen molar-refractivity contribution in [3.63, 3.8) is 0 Å². The van der Waals surface area contributed by atoms with E-state index in [1.165, 1.54) is 33.4 Å². The van der Waals surface area contributed by atoms with Gasteiger partial charge in [0.05, 0.1) is 5.69 Å². The van der Waals surface area contributed by atoms with E-state index in [2.05, 4.69) is 109 Å². The minimum absolute atomic E-state index is 0.718. The Morgan fingerprint density at radius 2 is 0.976 bits per heavy atom. The Labute approximate surface area is 236 Å². The fourth-order valence-electron chi connectivity index (χ4n) is 6.51. The van der Waals surface area contributed by atoms with Crippen LogP contribution < -0.4 is 0 Å². The van der Waals surface area contributed by atoms with Crippen molar-refractivity contribution in [2.24, 2.45) is 0 Å². The van der Waals surface area contributed by atoms with Gasteiger partial charge in [0.1, 0.15) is 11.2 Å². The Morgan fingerprint density at radius 1 is 0.415 bits per heavy atom. The third kappa shape index (κ3) is 3.20. The van der Waals surface area contributed by atoms with E-state index >= 15 is 0 Å². The van der Waals surface area contributed by atoms with Gasteiger partial charge in [0.2, 0.25) is 0 Å². The molecule has 0 N–H and O–H groups in total. The molecule has 0 bridgehead atoms. The second-order valence-corrected chi connectivity index (χ2v) is 10.5. The number of nitrogens with zero attached hydrogens (tertiary/aromatic N) is 2. The van der Waals surface area contributed by atoms with Crippen molar-refractivity contribution < 1.29 is 4.42 Å². The van der Waals surface area contributed by atoms with Gasteiger partial charge in [0.15, 0.2) is 5.65 Å². The molecular weight excluding hydrogens is 500 g/mol. The lowest BCUT2D eigenvalue weighted by atomic mass is 9.80. The quantitative estimate of drug-likeness (QED) is 0.215. The Hall–Kier alpha value is -5.54. The summed E-state index contributed by atoms with van der Waals surface area (Å²) in [7, 11) is 0. The molecule has 1 aliphatic carbocycles. The summed E-state index contributed by atoms with van der Waals surface area (Å²) < 4.78 is 6.33. The maximum absolute atomic E-state index is 6.33. The standard InChI is InChI=1S/C38H22N2O/c1-2-11-24-23(10-1)25-12-3-4-14-27(25)33-22-39-38-32(36(33)29-16-6-5-13-26(24)29)20-21-34(40-38)31-18-9-17-30-28-15-7-8-19-35(28)41-37(30)31/h1-22H. The van der Waals surface area contributed by atoms with E-state index in [0.717, 1.165) is 55.4 Å². The maximum Gasteiger partial charge on any atom is 0.160 e. The molecule has 3 heterocycles. The fourth-order valence-corrected chi connectivity index (χ4v) is 6.51. The van der Waals surface area contributed by atoms with E-state index < -0.39 is 0 Å². The molecule has 5 aromatic carbocycles. The van der Waals surface area contributed by atoms with Crippen LogP contribution in [0.25, 0.3) is 88.7 Å². The highest BCUT2D eigenvalue weighted by atomic mass is 16.3. The number of para-hydroxylation sites is 2. The molecule has 0 spiro atoms. The number of hydrogen-bond acceptors (Lipinski definition) is 3. The summed E-state index contributed by atoms with van der Waals surface area (Å²) in [5.74, 6) is 0. The highest BCUT2D eigenvalue weighted by molar-refractivity contribution is 6.12. The predicted octanol–water partition coefficient (Wildman–Crippen LogP) is 10.2. The summed E-state index contributed by atoms with van der Waals surface area (Å²) in [6, 6.07) is 44.7. The topological polar surface area (TPSA) is 38.9 Å². The summed E-state index contributed by atoms with van der Waals surface area (Å²) in [6.07, 6.45) is 2.00. The molecule has 0 saturated carbocycles. The Morgan fingerprint density at radius 3 is 1.71 bits per heavy atom. The zero-order chi connectivity index (χ0) is 26.9. The number of pyridine rings is 2. The number of rotatable bonds is 1. The minimum atomic E-state index is 0.718. The molecule has 0 fully saturated rings. The Bertz CT molecular complexity index is 2320. The zero-order valence-electron chi connectivity index (χ0n) is 22.0. The molecule has 41 heavy (non-hydrogen) atoms. The molecule has 0 radical (unpaired) electrons. The van der Waals surface area contributed by atoms with Crippen LogP contribution in [-0.2, 0) is 0 Å². The molecule has 0 saturated heterocycles. The SMILES string of the molecule is c1ccc2c(c1)-c1ccccc1-c1cnc3nc(-c4cccc5c4oc4ccccc45)ccc3c1-c1ccccc1-2. The smallest absolute Gasteiger partial charge is 0.160 e. The average molecular weight is 523 g/mol. The summed E-state index contributed by atoms with van der Waals surface area (Å²) in [5.41, 5.74) is 13.8. The van der Waals surface area contributed by atoms with Crippen LogP contribution in [0.2, 0.25) is 0 Å². The number of fused-ring (bicyclic) bond motifs is 13. The molecule has 1 aliphatic rings. The minimum Gasteiger partial charge on any atom is -0.455 e. The van der Waals surface area contributed by atoms with Crippen LogP contribution >= 0.6 is 0 Å². The van der Waals surface area contributed by atoms with Crippen LogP contribution in [0.15, 0.2) is 138 Å². The third-order valence-electron chi connectivity index (χ3n) is 8.33. The van der Waals surface area contributed by atoms with Crippen LogP contribution in [-0.4, -0.2) is 9.97 Å². The predicted molar refractivity (Wildman–Crippen MR) is 168 cm³/mol. The van der Waals surface area contributed by atoms with Crippen molar-refractivity contribution in [1.82, 2.24) is 9.97 Å². The van der Waals surface area contributed by atoms with Gasteiger partial charge in [-0.15, -0.1) is 0 Å². The average Bonchev–Trinajstić information content (AvgIpc) is 3.42. The van der Waals surface area contributed by atoms with Crippen LogP contribution in [0.3, 0.4) is 0 Å². The number of hydrogen-bond donors (Lipinski definition) is 0. The van der Waals surface area contributed by atoms with E-state index in [4.69, 9.17) is 14.4 Å². The van der Waals surface area contributed by atoms with Crippen molar-refractivity contribution in [1.29, 1.82) is 0 Å².